The van der Waals surface area contributed by atoms with Crippen LogP contribution in [0.15, 0.2) is 0 Å². The second-order valence-electron chi connectivity index (χ2n) is 6.70. The first kappa shape index (κ1) is 16.2. The van der Waals surface area contributed by atoms with E-state index in [0.717, 1.165) is 45.2 Å². The van der Waals surface area contributed by atoms with E-state index < -0.39 is 0 Å². The summed E-state index contributed by atoms with van der Waals surface area (Å²) in [5.74, 6) is 0.606. The van der Waals surface area contributed by atoms with E-state index in [-0.39, 0.29) is 21.9 Å². The summed E-state index contributed by atoms with van der Waals surface area (Å²) in [6, 6.07) is 0.321. The summed E-state index contributed by atoms with van der Waals surface area (Å²) in [6.07, 6.45) is 5.19. The molecule has 6 heteroatoms. The maximum atomic E-state index is 12.6. The molecule has 1 amide bonds. The van der Waals surface area contributed by atoms with E-state index in [4.69, 9.17) is 23.2 Å². The van der Waals surface area contributed by atoms with Crippen LogP contribution in [0.4, 0.5) is 0 Å². The number of fused-ring (bicyclic) bond motifs is 1. The Balaban J connectivity index is 1.55. The van der Waals surface area contributed by atoms with E-state index in [0.29, 0.717) is 17.2 Å². The number of amides is 1. The fraction of sp³-hybridized carbons (Fsp3) is 0.933. The summed E-state index contributed by atoms with van der Waals surface area (Å²) >= 11 is 14.6. The van der Waals surface area contributed by atoms with Gasteiger partial charge in [0.15, 0.2) is 0 Å². The molecule has 5 atom stereocenters. The molecule has 0 aromatic heterocycles. The number of hydrogen-bond acceptors (Lipinski definition) is 3. The molecule has 0 aromatic carbocycles. The van der Waals surface area contributed by atoms with Crippen LogP contribution in [-0.2, 0) is 4.79 Å². The van der Waals surface area contributed by atoms with Gasteiger partial charge in [0.25, 0.3) is 0 Å². The Morgan fingerprint density at radius 3 is 2.62 bits per heavy atom. The molecule has 3 fully saturated rings. The van der Waals surface area contributed by atoms with Crippen molar-refractivity contribution in [2.75, 3.05) is 20.1 Å². The number of thioether (sulfide) groups is 1. The highest BCUT2D eigenvalue weighted by Crippen LogP contribution is 2.49. The lowest BCUT2D eigenvalue weighted by Crippen LogP contribution is -2.47. The van der Waals surface area contributed by atoms with Crippen LogP contribution in [-0.4, -0.2) is 58.2 Å². The Kier molecular flexibility index (Phi) is 5.30. The third-order valence-electron chi connectivity index (χ3n) is 5.12. The molecule has 3 aliphatic rings. The number of nitrogens with one attached hydrogen (secondary N) is 1. The number of piperidine rings is 1. The summed E-state index contributed by atoms with van der Waals surface area (Å²) in [5.41, 5.74) is 0. The average molecular weight is 351 g/mol. The smallest absolute Gasteiger partial charge is 0.234 e. The molecule has 3 nitrogen and oxygen atoms in total. The van der Waals surface area contributed by atoms with Crippen LogP contribution in [0.3, 0.4) is 0 Å². The second-order valence-corrected chi connectivity index (χ2v) is 9.21. The van der Waals surface area contributed by atoms with Crippen molar-refractivity contribution in [1.29, 1.82) is 0 Å². The quantitative estimate of drug-likeness (QED) is 0.777. The van der Waals surface area contributed by atoms with Gasteiger partial charge < -0.3 is 10.2 Å². The van der Waals surface area contributed by atoms with Gasteiger partial charge in [-0.05, 0) is 58.2 Å². The minimum absolute atomic E-state index is 0.0320. The van der Waals surface area contributed by atoms with Gasteiger partial charge in [0.2, 0.25) is 5.91 Å². The summed E-state index contributed by atoms with van der Waals surface area (Å²) in [4.78, 5) is 14.9. The first-order chi connectivity index (χ1) is 10.0. The molecule has 1 N–H and O–H groups in total. The highest BCUT2D eigenvalue weighted by atomic mass is 35.5. The van der Waals surface area contributed by atoms with Gasteiger partial charge in [-0.15, -0.1) is 35.0 Å². The number of alkyl halides is 2. The predicted octanol–water partition coefficient (Wildman–Crippen LogP) is 2.70. The first-order valence-corrected chi connectivity index (χ1v) is 9.78. The average Bonchev–Trinajstić information content (AvgIpc) is 2.78. The van der Waals surface area contributed by atoms with Crippen molar-refractivity contribution in [3.05, 3.63) is 0 Å². The van der Waals surface area contributed by atoms with Crippen LogP contribution in [0.25, 0.3) is 0 Å². The normalized spacial score (nSPS) is 41.8. The Hall–Kier alpha value is 0.360. The van der Waals surface area contributed by atoms with E-state index >= 15 is 0 Å². The van der Waals surface area contributed by atoms with Gasteiger partial charge in [0.05, 0.1) is 5.38 Å². The molecule has 0 radical (unpaired) electrons. The van der Waals surface area contributed by atoms with Crippen LogP contribution in [0.1, 0.15) is 32.1 Å². The van der Waals surface area contributed by atoms with Gasteiger partial charge in [-0.1, -0.05) is 0 Å². The van der Waals surface area contributed by atoms with Crippen molar-refractivity contribution in [2.45, 2.75) is 59.4 Å². The molecule has 0 bridgehead atoms. The fourth-order valence-corrected chi connectivity index (χ4v) is 6.63. The molecule has 120 valence electrons. The zero-order valence-electron chi connectivity index (χ0n) is 12.4. The van der Waals surface area contributed by atoms with Crippen molar-refractivity contribution in [3.8, 4) is 0 Å². The fourth-order valence-electron chi connectivity index (χ4n) is 3.76. The van der Waals surface area contributed by atoms with E-state index in [2.05, 4.69) is 17.3 Å². The van der Waals surface area contributed by atoms with Crippen molar-refractivity contribution >= 4 is 40.9 Å². The number of halogens is 2. The molecular weight excluding hydrogens is 327 g/mol. The SMILES string of the molecule is CN1CCC(NC(=O)C2SC3CC(Cl)CCC3C2Cl)CC1. The number of nitrogens with zero attached hydrogens (tertiary/aromatic N) is 1. The minimum atomic E-state index is -0.0942. The zero-order chi connectivity index (χ0) is 15.0. The van der Waals surface area contributed by atoms with Gasteiger partial charge in [-0.25, -0.2) is 0 Å². The molecule has 2 saturated heterocycles. The molecule has 0 aromatic rings. The van der Waals surface area contributed by atoms with Crippen LogP contribution < -0.4 is 5.32 Å². The van der Waals surface area contributed by atoms with Crippen molar-refractivity contribution in [1.82, 2.24) is 10.2 Å². The summed E-state index contributed by atoms with van der Waals surface area (Å²) in [5, 5.41) is 3.83. The van der Waals surface area contributed by atoms with Crippen molar-refractivity contribution in [3.63, 3.8) is 0 Å². The summed E-state index contributed by atoms with van der Waals surface area (Å²) in [7, 11) is 2.13. The first-order valence-electron chi connectivity index (χ1n) is 7.97. The van der Waals surface area contributed by atoms with Crippen LogP contribution >= 0.6 is 35.0 Å². The Bertz CT molecular complexity index is 390. The lowest BCUT2D eigenvalue weighted by molar-refractivity contribution is -0.121. The lowest BCUT2D eigenvalue weighted by Gasteiger charge is -2.30. The van der Waals surface area contributed by atoms with E-state index in [1.165, 1.54) is 0 Å². The van der Waals surface area contributed by atoms with Crippen LogP contribution in [0.2, 0.25) is 0 Å². The lowest BCUT2D eigenvalue weighted by atomic mass is 9.85. The van der Waals surface area contributed by atoms with Crippen molar-refractivity contribution in [2.24, 2.45) is 5.92 Å². The topological polar surface area (TPSA) is 32.3 Å². The highest BCUT2D eigenvalue weighted by molar-refractivity contribution is 8.01. The number of hydrogen-bond donors (Lipinski definition) is 1. The summed E-state index contributed by atoms with van der Waals surface area (Å²) < 4.78 is 0. The predicted molar refractivity (Wildman–Crippen MR) is 90.5 cm³/mol. The van der Waals surface area contributed by atoms with Gasteiger partial charge in [-0.3, -0.25) is 4.79 Å². The van der Waals surface area contributed by atoms with Crippen LogP contribution in [0, 0.1) is 5.92 Å². The molecule has 21 heavy (non-hydrogen) atoms. The molecule has 1 aliphatic carbocycles. The maximum absolute atomic E-state index is 12.6. The molecule has 5 unspecified atom stereocenters. The highest BCUT2D eigenvalue weighted by Gasteiger charge is 2.48. The maximum Gasteiger partial charge on any atom is 0.234 e. The standard InChI is InChI=1S/C15H24Cl2N2OS/c1-19-6-4-10(5-7-19)18-15(20)14-13(17)11-3-2-9(16)8-12(11)21-14/h9-14H,2-8H2,1H3,(H,18,20). The largest absolute Gasteiger partial charge is 0.352 e. The monoisotopic (exact) mass is 350 g/mol. The molecule has 0 spiro atoms. The third-order valence-corrected chi connectivity index (χ3v) is 7.94. The summed E-state index contributed by atoms with van der Waals surface area (Å²) in [6.45, 7) is 2.12. The minimum Gasteiger partial charge on any atom is -0.352 e. The molecule has 2 heterocycles. The zero-order valence-corrected chi connectivity index (χ0v) is 14.8. The second kappa shape index (κ2) is 6.86. The Morgan fingerprint density at radius 2 is 1.90 bits per heavy atom. The molecule has 1 saturated carbocycles. The van der Waals surface area contributed by atoms with Gasteiger partial charge in [0, 0.05) is 16.7 Å². The number of carbonyl (C=O) groups is 1. The van der Waals surface area contributed by atoms with E-state index in [9.17, 15) is 4.79 Å². The van der Waals surface area contributed by atoms with E-state index in [1.54, 1.807) is 11.8 Å². The number of likely N-dealkylation sites (tertiary alicyclic amines) is 1. The number of carbonyl (C=O) groups excluding carboxylic acids is 1. The number of rotatable bonds is 2. The van der Waals surface area contributed by atoms with Crippen LogP contribution in [0.5, 0.6) is 0 Å². The molecule has 3 rings (SSSR count). The van der Waals surface area contributed by atoms with Gasteiger partial charge >= 0.3 is 0 Å². The van der Waals surface area contributed by atoms with Gasteiger partial charge in [-0.2, -0.15) is 0 Å². The third kappa shape index (κ3) is 3.65. The van der Waals surface area contributed by atoms with Gasteiger partial charge in [0.1, 0.15) is 5.25 Å². The Morgan fingerprint density at radius 1 is 1.19 bits per heavy atom. The molecular formula is C15H24Cl2N2OS. The Labute approximate surface area is 141 Å². The molecule has 2 aliphatic heterocycles. The van der Waals surface area contributed by atoms with Crippen molar-refractivity contribution < 1.29 is 4.79 Å². The van der Waals surface area contributed by atoms with E-state index in [1.807, 2.05) is 0 Å².